The van der Waals surface area contributed by atoms with Crippen molar-refractivity contribution < 1.29 is 0 Å². The van der Waals surface area contributed by atoms with Crippen molar-refractivity contribution in [3.63, 3.8) is 0 Å². The molecule has 0 fully saturated rings. The first-order chi connectivity index (χ1) is 7.99. The molecule has 0 radical (unpaired) electrons. The summed E-state index contributed by atoms with van der Waals surface area (Å²) in [5.41, 5.74) is 10.1. The number of allylic oxidation sites excluding steroid dienone is 3. The molecular weight excluding hydrogens is 206 g/mol. The van der Waals surface area contributed by atoms with Gasteiger partial charge in [-0.05, 0) is 30.9 Å². The molecule has 1 heteroatoms. The first kappa shape index (κ1) is 15.3. The van der Waals surface area contributed by atoms with Crippen LogP contribution in [0, 0.1) is 5.92 Å². The zero-order valence-corrected chi connectivity index (χ0v) is 11.5. The molecule has 0 saturated heterocycles. The summed E-state index contributed by atoms with van der Waals surface area (Å²) in [5.74, 6) is 0.483. The van der Waals surface area contributed by atoms with Crippen molar-refractivity contribution in [3.8, 4) is 0 Å². The van der Waals surface area contributed by atoms with Gasteiger partial charge >= 0.3 is 0 Å². The SMILES string of the molecule is C=C=CC/C(C(=C=C)C(=C)NC)=C(\C)C(C)C. The molecule has 0 unspecified atom stereocenters. The third kappa shape index (κ3) is 4.36. The number of nitrogens with one attached hydrogen (secondary N) is 1. The van der Waals surface area contributed by atoms with Crippen LogP contribution in [0.3, 0.4) is 0 Å². The van der Waals surface area contributed by atoms with Crippen molar-refractivity contribution in [1.29, 1.82) is 0 Å². The maximum absolute atomic E-state index is 3.98. The van der Waals surface area contributed by atoms with Crippen molar-refractivity contribution in [2.45, 2.75) is 27.2 Å². The fourth-order valence-electron chi connectivity index (χ4n) is 1.50. The summed E-state index contributed by atoms with van der Waals surface area (Å²) in [7, 11) is 1.85. The average Bonchev–Trinajstić information content (AvgIpc) is 2.32. The summed E-state index contributed by atoms with van der Waals surface area (Å²) >= 11 is 0. The van der Waals surface area contributed by atoms with Crippen molar-refractivity contribution in [2.75, 3.05) is 7.05 Å². The topological polar surface area (TPSA) is 12.0 Å². The highest BCUT2D eigenvalue weighted by Crippen LogP contribution is 2.26. The van der Waals surface area contributed by atoms with Gasteiger partial charge in [-0.25, -0.2) is 0 Å². The van der Waals surface area contributed by atoms with Gasteiger partial charge in [-0.3, -0.25) is 0 Å². The van der Waals surface area contributed by atoms with E-state index in [0.717, 1.165) is 17.7 Å². The first-order valence-corrected chi connectivity index (χ1v) is 5.80. The van der Waals surface area contributed by atoms with Crippen LogP contribution in [-0.2, 0) is 0 Å². The molecular formula is C16H23N. The molecule has 0 rings (SSSR count). The molecule has 0 aromatic carbocycles. The number of hydrogen-bond acceptors (Lipinski definition) is 1. The Labute approximate surface area is 106 Å². The Hall–Kier alpha value is -1.68. The van der Waals surface area contributed by atoms with Crippen LogP contribution in [0.15, 0.2) is 59.7 Å². The Morgan fingerprint density at radius 1 is 1.35 bits per heavy atom. The zero-order valence-electron chi connectivity index (χ0n) is 11.5. The molecule has 0 aliphatic heterocycles. The van der Waals surface area contributed by atoms with Crippen molar-refractivity contribution in [3.05, 3.63) is 59.7 Å². The van der Waals surface area contributed by atoms with Crippen LogP contribution >= 0.6 is 0 Å². The average molecular weight is 229 g/mol. The quantitative estimate of drug-likeness (QED) is 0.533. The molecule has 0 aliphatic rings. The van der Waals surface area contributed by atoms with Crippen LogP contribution in [0.1, 0.15) is 27.2 Å². The molecule has 0 bridgehead atoms. The summed E-state index contributed by atoms with van der Waals surface area (Å²) in [6, 6.07) is 0. The summed E-state index contributed by atoms with van der Waals surface area (Å²) in [5, 5.41) is 3.05. The fourth-order valence-corrected chi connectivity index (χ4v) is 1.50. The number of rotatable bonds is 6. The number of hydrogen-bond donors (Lipinski definition) is 1. The minimum atomic E-state index is 0.483. The monoisotopic (exact) mass is 229 g/mol. The van der Waals surface area contributed by atoms with E-state index >= 15 is 0 Å². The van der Waals surface area contributed by atoms with Gasteiger partial charge in [-0.1, -0.05) is 39.2 Å². The van der Waals surface area contributed by atoms with Crippen molar-refractivity contribution >= 4 is 0 Å². The van der Waals surface area contributed by atoms with Crippen LogP contribution in [0.4, 0.5) is 0 Å². The smallest absolute Gasteiger partial charge is 0.0419 e. The molecule has 1 nitrogen and oxygen atoms in total. The molecule has 0 atom stereocenters. The summed E-state index contributed by atoms with van der Waals surface area (Å²) < 4.78 is 0. The largest absolute Gasteiger partial charge is 0.388 e. The molecule has 0 saturated carbocycles. The molecule has 0 aliphatic carbocycles. The van der Waals surface area contributed by atoms with Gasteiger partial charge in [0.15, 0.2) is 0 Å². The lowest BCUT2D eigenvalue weighted by atomic mass is 9.90. The second-order valence-corrected chi connectivity index (χ2v) is 4.21. The van der Waals surface area contributed by atoms with Gasteiger partial charge in [0, 0.05) is 18.3 Å². The summed E-state index contributed by atoms with van der Waals surface area (Å²) in [6.07, 6.45) is 2.70. The maximum Gasteiger partial charge on any atom is 0.0419 e. The van der Waals surface area contributed by atoms with Crippen LogP contribution in [-0.4, -0.2) is 7.05 Å². The maximum atomic E-state index is 3.98. The lowest BCUT2D eigenvalue weighted by Crippen LogP contribution is -2.10. The first-order valence-electron chi connectivity index (χ1n) is 5.80. The fraction of sp³-hybridized carbons (Fsp3) is 0.375. The lowest BCUT2D eigenvalue weighted by molar-refractivity contribution is 0.753. The molecule has 0 aromatic rings. The molecule has 0 heterocycles. The van der Waals surface area contributed by atoms with Gasteiger partial charge in [-0.15, -0.1) is 11.5 Å². The Morgan fingerprint density at radius 2 is 1.94 bits per heavy atom. The number of likely N-dealkylation sites (N-methyl/N-ethyl adjacent to an activating group) is 1. The molecule has 0 aromatic heterocycles. The molecule has 0 spiro atoms. The Balaban J connectivity index is 5.61. The summed E-state index contributed by atoms with van der Waals surface area (Å²) in [4.78, 5) is 0. The van der Waals surface area contributed by atoms with Crippen LogP contribution in [0.25, 0.3) is 0 Å². The molecule has 0 amide bonds. The highest BCUT2D eigenvalue weighted by Gasteiger charge is 2.12. The standard InChI is InChI=1S/C16H23N/c1-8-10-11-16(13(5)12(3)4)15(9-2)14(6)17-7/h10,12,17H,1-2,6,11H2,3-5,7H3/b16-13-. The van der Waals surface area contributed by atoms with E-state index in [1.807, 2.05) is 13.1 Å². The third-order valence-corrected chi connectivity index (χ3v) is 2.87. The molecule has 17 heavy (non-hydrogen) atoms. The highest BCUT2D eigenvalue weighted by atomic mass is 14.8. The van der Waals surface area contributed by atoms with Crippen molar-refractivity contribution in [2.24, 2.45) is 5.92 Å². The van der Waals surface area contributed by atoms with E-state index < -0.39 is 0 Å². The van der Waals surface area contributed by atoms with Gasteiger partial charge in [0.2, 0.25) is 0 Å². The third-order valence-electron chi connectivity index (χ3n) is 2.87. The minimum absolute atomic E-state index is 0.483. The van der Waals surface area contributed by atoms with Crippen LogP contribution in [0.2, 0.25) is 0 Å². The lowest BCUT2D eigenvalue weighted by Gasteiger charge is -2.17. The molecule has 92 valence electrons. The van der Waals surface area contributed by atoms with Crippen molar-refractivity contribution in [1.82, 2.24) is 5.32 Å². The molecule has 1 N–H and O–H groups in total. The Bertz CT molecular complexity index is 409. The van der Waals surface area contributed by atoms with E-state index in [1.54, 1.807) is 0 Å². The second kappa shape index (κ2) is 7.57. The normalized spacial score (nSPS) is 11.1. The van der Waals surface area contributed by atoms with Gasteiger partial charge in [0.1, 0.15) is 0 Å². The van der Waals surface area contributed by atoms with E-state index in [9.17, 15) is 0 Å². The van der Waals surface area contributed by atoms with Crippen LogP contribution < -0.4 is 5.32 Å². The van der Waals surface area contributed by atoms with E-state index in [0.29, 0.717) is 5.92 Å². The van der Waals surface area contributed by atoms with E-state index in [-0.39, 0.29) is 0 Å². The minimum Gasteiger partial charge on any atom is -0.388 e. The van der Waals surface area contributed by atoms with Gasteiger partial charge in [-0.2, -0.15) is 0 Å². The van der Waals surface area contributed by atoms with E-state index in [2.05, 4.69) is 57.3 Å². The Kier molecular flexibility index (Phi) is 6.82. The highest BCUT2D eigenvalue weighted by molar-refractivity contribution is 5.47. The van der Waals surface area contributed by atoms with E-state index in [1.165, 1.54) is 11.1 Å². The van der Waals surface area contributed by atoms with Gasteiger partial charge < -0.3 is 5.32 Å². The Morgan fingerprint density at radius 3 is 2.29 bits per heavy atom. The van der Waals surface area contributed by atoms with Gasteiger partial charge in [0.25, 0.3) is 0 Å². The van der Waals surface area contributed by atoms with E-state index in [4.69, 9.17) is 0 Å². The predicted octanol–water partition coefficient (Wildman–Crippen LogP) is 4.13. The van der Waals surface area contributed by atoms with Crippen LogP contribution in [0.5, 0.6) is 0 Å². The summed E-state index contributed by atoms with van der Waals surface area (Å²) in [6.45, 7) is 17.8. The second-order valence-electron chi connectivity index (χ2n) is 4.21. The predicted molar refractivity (Wildman–Crippen MR) is 76.7 cm³/mol. The zero-order chi connectivity index (χ0) is 13.4. The van der Waals surface area contributed by atoms with Gasteiger partial charge in [0.05, 0.1) is 0 Å².